The maximum absolute atomic E-state index is 5.35. The van der Waals surface area contributed by atoms with E-state index in [2.05, 4.69) is 17.2 Å². The molecular weight excluding hydrogens is 230 g/mol. The van der Waals surface area contributed by atoms with E-state index >= 15 is 0 Å². The molecule has 0 saturated heterocycles. The van der Waals surface area contributed by atoms with Gasteiger partial charge in [0.05, 0.1) is 11.7 Å². The molecule has 1 rings (SSSR count). The summed E-state index contributed by atoms with van der Waals surface area (Å²) < 4.78 is 0. The molecule has 1 aliphatic rings. The number of rotatable bonds is 2. The van der Waals surface area contributed by atoms with Gasteiger partial charge < -0.3 is 17.2 Å². The van der Waals surface area contributed by atoms with Crippen LogP contribution in [-0.2, 0) is 9.78 Å². The lowest BCUT2D eigenvalue weighted by molar-refractivity contribution is -0.376. The molecule has 0 bridgehead atoms. The summed E-state index contributed by atoms with van der Waals surface area (Å²) in [6, 6.07) is 0. The number of hydrogen-bond donors (Lipinski definition) is 3. The SMILES string of the molecule is CC(C)(C)OOC1CCCCC1.CN.CN.CN. The van der Waals surface area contributed by atoms with Gasteiger partial charge in [0, 0.05) is 0 Å². The van der Waals surface area contributed by atoms with E-state index in [1.54, 1.807) is 0 Å². The molecule has 0 amide bonds. The normalized spacial score (nSPS) is 15.2. The van der Waals surface area contributed by atoms with E-state index in [1.165, 1.54) is 40.4 Å². The van der Waals surface area contributed by atoms with Crippen LogP contribution in [0.15, 0.2) is 0 Å². The maximum atomic E-state index is 5.35. The van der Waals surface area contributed by atoms with Crippen LogP contribution in [0.25, 0.3) is 0 Å². The number of nitrogens with two attached hydrogens (primary N) is 3. The molecule has 6 N–H and O–H groups in total. The number of hydrogen-bond acceptors (Lipinski definition) is 5. The maximum Gasteiger partial charge on any atom is 0.0952 e. The van der Waals surface area contributed by atoms with Crippen molar-refractivity contribution in [2.75, 3.05) is 21.1 Å². The Labute approximate surface area is 113 Å². The lowest BCUT2D eigenvalue weighted by Crippen LogP contribution is -2.25. The predicted octanol–water partition coefficient (Wildman–Crippen LogP) is 1.79. The zero-order valence-corrected chi connectivity index (χ0v) is 13.2. The summed E-state index contributed by atoms with van der Waals surface area (Å²) in [6.45, 7) is 6.03. The Kier molecular flexibility index (Phi) is 21.4. The highest BCUT2D eigenvalue weighted by atomic mass is 17.2. The van der Waals surface area contributed by atoms with Crippen LogP contribution < -0.4 is 17.2 Å². The third kappa shape index (κ3) is 18.2. The van der Waals surface area contributed by atoms with Gasteiger partial charge in [-0.05, 0) is 54.8 Å². The van der Waals surface area contributed by atoms with E-state index in [-0.39, 0.29) is 5.60 Å². The van der Waals surface area contributed by atoms with Gasteiger partial charge in [-0.3, -0.25) is 0 Å². The van der Waals surface area contributed by atoms with Crippen LogP contribution >= 0.6 is 0 Å². The molecule has 114 valence electrons. The molecule has 5 heteroatoms. The van der Waals surface area contributed by atoms with E-state index in [1.807, 2.05) is 20.8 Å². The van der Waals surface area contributed by atoms with Gasteiger partial charge in [-0.1, -0.05) is 19.3 Å². The Balaban J connectivity index is -0.000000328. The first-order valence-corrected chi connectivity index (χ1v) is 6.66. The largest absolute Gasteiger partial charge is 0.333 e. The van der Waals surface area contributed by atoms with Crippen LogP contribution in [-0.4, -0.2) is 32.8 Å². The quantitative estimate of drug-likeness (QED) is 0.522. The van der Waals surface area contributed by atoms with Gasteiger partial charge in [-0.2, -0.15) is 0 Å². The minimum Gasteiger partial charge on any atom is -0.333 e. The molecule has 5 nitrogen and oxygen atoms in total. The highest BCUT2D eigenvalue weighted by Gasteiger charge is 2.18. The first-order valence-electron chi connectivity index (χ1n) is 6.66. The van der Waals surface area contributed by atoms with E-state index in [4.69, 9.17) is 9.78 Å². The monoisotopic (exact) mass is 265 g/mol. The van der Waals surface area contributed by atoms with Crippen molar-refractivity contribution >= 4 is 0 Å². The van der Waals surface area contributed by atoms with Crippen LogP contribution in [0.2, 0.25) is 0 Å². The predicted molar refractivity (Wildman–Crippen MR) is 79.1 cm³/mol. The highest BCUT2D eigenvalue weighted by Crippen LogP contribution is 2.22. The van der Waals surface area contributed by atoms with Crippen molar-refractivity contribution in [3.05, 3.63) is 0 Å². The van der Waals surface area contributed by atoms with Crippen LogP contribution in [0.1, 0.15) is 52.9 Å². The van der Waals surface area contributed by atoms with E-state index in [0.717, 1.165) is 12.8 Å². The Morgan fingerprint density at radius 3 is 1.50 bits per heavy atom. The molecule has 0 aromatic heterocycles. The fourth-order valence-corrected chi connectivity index (χ4v) is 1.37. The van der Waals surface area contributed by atoms with Crippen molar-refractivity contribution in [3.63, 3.8) is 0 Å². The van der Waals surface area contributed by atoms with Gasteiger partial charge in [0.1, 0.15) is 0 Å². The zero-order chi connectivity index (χ0) is 15.0. The second-order valence-corrected chi connectivity index (χ2v) is 4.55. The minimum absolute atomic E-state index is 0.169. The molecule has 1 saturated carbocycles. The van der Waals surface area contributed by atoms with Crippen LogP contribution in [0.5, 0.6) is 0 Å². The van der Waals surface area contributed by atoms with Gasteiger partial charge >= 0.3 is 0 Å². The summed E-state index contributed by atoms with van der Waals surface area (Å²) in [4.78, 5) is 10.6. The summed E-state index contributed by atoms with van der Waals surface area (Å²) >= 11 is 0. The molecule has 0 aromatic carbocycles. The molecule has 0 atom stereocenters. The zero-order valence-electron chi connectivity index (χ0n) is 13.2. The van der Waals surface area contributed by atoms with Gasteiger partial charge in [0.25, 0.3) is 0 Å². The molecule has 0 aliphatic heterocycles. The van der Waals surface area contributed by atoms with Gasteiger partial charge in [0.2, 0.25) is 0 Å². The first-order chi connectivity index (χ1) is 8.58. The molecule has 0 spiro atoms. The van der Waals surface area contributed by atoms with Crippen LogP contribution in [0, 0.1) is 0 Å². The molecule has 18 heavy (non-hydrogen) atoms. The molecule has 0 radical (unpaired) electrons. The first kappa shape index (κ1) is 22.9. The van der Waals surface area contributed by atoms with Crippen molar-refractivity contribution < 1.29 is 9.78 Å². The Bertz CT molecular complexity index is 133. The Morgan fingerprint density at radius 1 is 0.778 bits per heavy atom. The fraction of sp³-hybridized carbons (Fsp3) is 1.00. The van der Waals surface area contributed by atoms with E-state index in [9.17, 15) is 0 Å². The molecule has 1 fully saturated rings. The Hall–Kier alpha value is -0.200. The van der Waals surface area contributed by atoms with Crippen molar-refractivity contribution in [2.45, 2.75) is 64.6 Å². The standard InChI is InChI=1S/C10H20O2.3CH5N/c1-10(2,3)12-11-9-7-5-4-6-8-9;3*1-2/h9H,4-8H2,1-3H3;3*2H2,1H3. The molecule has 0 heterocycles. The average molecular weight is 265 g/mol. The smallest absolute Gasteiger partial charge is 0.0952 e. The summed E-state index contributed by atoms with van der Waals surface area (Å²) in [7, 11) is 4.50. The lowest BCUT2D eigenvalue weighted by Gasteiger charge is -2.25. The van der Waals surface area contributed by atoms with Gasteiger partial charge in [-0.15, -0.1) is 0 Å². The van der Waals surface area contributed by atoms with Crippen molar-refractivity contribution in [3.8, 4) is 0 Å². The summed E-state index contributed by atoms with van der Waals surface area (Å²) in [5, 5.41) is 0. The molecule has 1 aliphatic carbocycles. The van der Waals surface area contributed by atoms with E-state index < -0.39 is 0 Å². The van der Waals surface area contributed by atoms with Crippen molar-refractivity contribution in [1.82, 2.24) is 0 Å². The van der Waals surface area contributed by atoms with Gasteiger partial charge in [0.15, 0.2) is 0 Å². The third-order valence-electron chi connectivity index (χ3n) is 1.99. The van der Waals surface area contributed by atoms with Crippen molar-refractivity contribution in [1.29, 1.82) is 0 Å². The summed E-state index contributed by atoms with van der Waals surface area (Å²) in [6.07, 6.45) is 6.61. The summed E-state index contributed by atoms with van der Waals surface area (Å²) in [5.74, 6) is 0. The lowest BCUT2D eigenvalue weighted by atomic mass is 9.98. The minimum atomic E-state index is -0.169. The van der Waals surface area contributed by atoms with Crippen LogP contribution in [0.4, 0.5) is 0 Å². The molecule has 0 unspecified atom stereocenters. The topological polar surface area (TPSA) is 96.5 Å². The second kappa shape index (κ2) is 16.8. The average Bonchev–Trinajstić information content (AvgIpc) is 2.44. The van der Waals surface area contributed by atoms with Crippen LogP contribution in [0.3, 0.4) is 0 Å². The summed E-state index contributed by atoms with van der Waals surface area (Å²) in [5.41, 5.74) is 13.3. The Morgan fingerprint density at radius 2 is 1.17 bits per heavy atom. The molecule has 0 aromatic rings. The van der Waals surface area contributed by atoms with E-state index in [0.29, 0.717) is 6.10 Å². The third-order valence-corrected chi connectivity index (χ3v) is 1.99. The molecular formula is C13H35N3O2. The van der Waals surface area contributed by atoms with Gasteiger partial charge in [-0.25, -0.2) is 9.78 Å². The fourth-order valence-electron chi connectivity index (χ4n) is 1.37. The highest BCUT2D eigenvalue weighted by molar-refractivity contribution is 4.64. The van der Waals surface area contributed by atoms with Crippen molar-refractivity contribution in [2.24, 2.45) is 17.2 Å². The second-order valence-electron chi connectivity index (χ2n) is 4.55.